The van der Waals surface area contributed by atoms with E-state index in [0.29, 0.717) is 23.7 Å². The molecule has 30 heavy (non-hydrogen) atoms. The van der Waals surface area contributed by atoms with E-state index in [1.54, 1.807) is 42.1 Å². The smallest absolute Gasteiger partial charge is 0.338 e. The zero-order valence-electron chi connectivity index (χ0n) is 16.3. The topological polar surface area (TPSA) is 102 Å². The monoisotopic (exact) mass is 404 g/mol. The number of fused-ring (bicyclic) bond motifs is 1. The number of amides is 2. The number of carbonyl (C=O) groups excluding carboxylic acids is 3. The maximum atomic E-state index is 12.5. The summed E-state index contributed by atoms with van der Waals surface area (Å²) in [4.78, 5) is 36.6. The first-order chi connectivity index (χ1) is 14.6. The van der Waals surface area contributed by atoms with Crippen molar-refractivity contribution in [2.75, 3.05) is 17.2 Å². The molecule has 1 aliphatic heterocycles. The fraction of sp³-hybridized carbons (Fsp3) is 0.182. The standard InChI is InChI=1S/C22H20N4O4/c1-2-30-22(29)15-8-10-16(11-9-15)24-19(27)12-18-21(28)25-20-17(13-23-26(18)20)14-6-4-3-5-7-14/h3-11,13,18H,2,12H2,1H3,(H,24,27)(H,25,28)/t18-/m0/s1. The zero-order chi connectivity index (χ0) is 21.1. The molecule has 1 aromatic heterocycles. The predicted molar refractivity (Wildman–Crippen MR) is 111 cm³/mol. The molecule has 2 amide bonds. The van der Waals surface area contributed by atoms with Gasteiger partial charge in [-0.25, -0.2) is 9.48 Å². The SMILES string of the molecule is CCOC(=O)c1ccc(NC(=O)C[C@H]2C(=O)Nc3c(-c4ccccc4)cnn32)cc1. The maximum Gasteiger partial charge on any atom is 0.338 e. The Balaban J connectivity index is 1.44. The largest absolute Gasteiger partial charge is 0.462 e. The van der Waals surface area contributed by atoms with Crippen molar-refractivity contribution in [3.8, 4) is 11.1 Å². The lowest BCUT2D eigenvalue weighted by atomic mass is 10.1. The molecule has 1 aliphatic rings. The first-order valence-electron chi connectivity index (χ1n) is 9.57. The molecule has 0 saturated heterocycles. The average Bonchev–Trinajstić information content (AvgIpc) is 3.29. The van der Waals surface area contributed by atoms with Gasteiger partial charge in [-0.2, -0.15) is 5.10 Å². The average molecular weight is 404 g/mol. The number of carbonyl (C=O) groups is 3. The van der Waals surface area contributed by atoms with Crippen molar-refractivity contribution in [3.05, 3.63) is 66.4 Å². The molecule has 0 unspecified atom stereocenters. The van der Waals surface area contributed by atoms with Crippen LogP contribution in [-0.4, -0.2) is 34.2 Å². The van der Waals surface area contributed by atoms with Crippen LogP contribution in [0.15, 0.2) is 60.8 Å². The Morgan fingerprint density at radius 2 is 1.87 bits per heavy atom. The molecule has 0 bridgehead atoms. The number of rotatable bonds is 6. The van der Waals surface area contributed by atoms with E-state index in [4.69, 9.17) is 4.74 Å². The van der Waals surface area contributed by atoms with Gasteiger partial charge < -0.3 is 15.4 Å². The molecule has 2 heterocycles. The van der Waals surface area contributed by atoms with E-state index < -0.39 is 12.0 Å². The van der Waals surface area contributed by atoms with Gasteiger partial charge in [0.25, 0.3) is 5.91 Å². The summed E-state index contributed by atoms with van der Waals surface area (Å²) < 4.78 is 6.49. The molecule has 1 atom stereocenters. The van der Waals surface area contributed by atoms with E-state index in [1.807, 2.05) is 30.3 Å². The third kappa shape index (κ3) is 3.80. The lowest BCUT2D eigenvalue weighted by molar-refractivity contribution is -0.123. The minimum absolute atomic E-state index is 0.0611. The van der Waals surface area contributed by atoms with Gasteiger partial charge in [0.05, 0.1) is 24.8 Å². The minimum Gasteiger partial charge on any atom is -0.462 e. The van der Waals surface area contributed by atoms with Crippen molar-refractivity contribution in [3.63, 3.8) is 0 Å². The van der Waals surface area contributed by atoms with Gasteiger partial charge in [-0.3, -0.25) is 9.59 Å². The van der Waals surface area contributed by atoms with Crippen LogP contribution in [0.4, 0.5) is 11.5 Å². The summed E-state index contributed by atoms with van der Waals surface area (Å²) in [6.45, 7) is 2.03. The normalized spacial score (nSPS) is 14.7. The van der Waals surface area contributed by atoms with Crippen LogP contribution in [0, 0.1) is 0 Å². The van der Waals surface area contributed by atoms with E-state index >= 15 is 0 Å². The van der Waals surface area contributed by atoms with Gasteiger partial charge in [0.15, 0.2) is 0 Å². The van der Waals surface area contributed by atoms with E-state index in [-0.39, 0.29) is 18.2 Å². The third-order valence-electron chi connectivity index (χ3n) is 4.78. The summed E-state index contributed by atoms with van der Waals surface area (Å²) in [6, 6.07) is 15.3. The second-order valence-electron chi connectivity index (χ2n) is 6.77. The Bertz CT molecular complexity index is 1090. The van der Waals surface area contributed by atoms with E-state index in [2.05, 4.69) is 15.7 Å². The quantitative estimate of drug-likeness (QED) is 0.614. The molecular weight excluding hydrogens is 384 g/mol. The zero-order valence-corrected chi connectivity index (χ0v) is 16.3. The molecule has 0 aliphatic carbocycles. The van der Waals surface area contributed by atoms with Crippen molar-refractivity contribution in [2.45, 2.75) is 19.4 Å². The van der Waals surface area contributed by atoms with Crippen molar-refractivity contribution in [1.29, 1.82) is 0 Å². The van der Waals surface area contributed by atoms with Gasteiger partial charge in [-0.05, 0) is 36.8 Å². The number of ether oxygens (including phenoxy) is 1. The second kappa shape index (κ2) is 8.20. The number of nitrogens with one attached hydrogen (secondary N) is 2. The summed E-state index contributed by atoms with van der Waals surface area (Å²) in [5, 5.41) is 9.89. The number of hydrogen-bond acceptors (Lipinski definition) is 5. The Kier molecular flexibility index (Phi) is 5.30. The molecule has 4 rings (SSSR count). The molecule has 0 fully saturated rings. The van der Waals surface area contributed by atoms with E-state index in [0.717, 1.165) is 11.1 Å². The molecule has 2 N–H and O–H groups in total. The highest BCUT2D eigenvalue weighted by Crippen LogP contribution is 2.35. The van der Waals surface area contributed by atoms with Gasteiger partial charge in [0.1, 0.15) is 11.9 Å². The molecular formula is C22H20N4O4. The molecule has 152 valence electrons. The first-order valence-corrected chi connectivity index (χ1v) is 9.57. The van der Waals surface area contributed by atoms with Gasteiger partial charge in [-0.15, -0.1) is 0 Å². The predicted octanol–water partition coefficient (Wildman–Crippen LogP) is 3.25. The van der Waals surface area contributed by atoms with Crippen LogP contribution in [0.2, 0.25) is 0 Å². The first kappa shape index (κ1) is 19.4. The van der Waals surface area contributed by atoms with Crippen LogP contribution in [0.25, 0.3) is 11.1 Å². The van der Waals surface area contributed by atoms with Crippen LogP contribution >= 0.6 is 0 Å². The Morgan fingerprint density at radius 1 is 1.13 bits per heavy atom. The van der Waals surface area contributed by atoms with Gasteiger partial charge in [0, 0.05) is 11.3 Å². The van der Waals surface area contributed by atoms with Gasteiger partial charge in [-0.1, -0.05) is 30.3 Å². The van der Waals surface area contributed by atoms with Crippen LogP contribution in [0.5, 0.6) is 0 Å². The molecule has 3 aromatic rings. The van der Waals surface area contributed by atoms with Crippen LogP contribution in [0.3, 0.4) is 0 Å². The van der Waals surface area contributed by atoms with Crippen molar-refractivity contribution in [2.24, 2.45) is 0 Å². The summed E-state index contributed by atoms with van der Waals surface area (Å²) >= 11 is 0. The highest BCUT2D eigenvalue weighted by molar-refractivity contribution is 6.04. The van der Waals surface area contributed by atoms with E-state index in [1.165, 1.54) is 0 Å². The number of aromatic nitrogens is 2. The van der Waals surface area contributed by atoms with Crippen LogP contribution in [-0.2, 0) is 14.3 Å². The van der Waals surface area contributed by atoms with Crippen molar-refractivity contribution in [1.82, 2.24) is 9.78 Å². The summed E-state index contributed by atoms with van der Waals surface area (Å²) in [6.07, 6.45) is 1.62. The van der Waals surface area contributed by atoms with Crippen LogP contribution < -0.4 is 10.6 Å². The molecule has 2 aromatic carbocycles. The van der Waals surface area contributed by atoms with Crippen LogP contribution in [0.1, 0.15) is 29.7 Å². The molecule has 8 nitrogen and oxygen atoms in total. The third-order valence-corrected chi connectivity index (χ3v) is 4.78. The number of benzene rings is 2. The Morgan fingerprint density at radius 3 is 2.57 bits per heavy atom. The lowest BCUT2D eigenvalue weighted by Crippen LogP contribution is -2.23. The number of nitrogens with zero attached hydrogens (tertiary/aromatic N) is 2. The lowest BCUT2D eigenvalue weighted by Gasteiger charge is -2.10. The van der Waals surface area contributed by atoms with Crippen molar-refractivity contribution >= 4 is 29.3 Å². The van der Waals surface area contributed by atoms with E-state index in [9.17, 15) is 14.4 Å². The maximum absolute atomic E-state index is 12.5. The molecule has 0 spiro atoms. The minimum atomic E-state index is -0.726. The van der Waals surface area contributed by atoms with Gasteiger partial charge >= 0.3 is 5.97 Å². The fourth-order valence-corrected chi connectivity index (χ4v) is 3.33. The summed E-state index contributed by atoms with van der Waals surface area (Å²) in [5.74, 6) is -0.437. The number of anilines is 2. The Hall–Kier alpha value is -3.94. The van der Waals surface area contributed by atoms with Gasteiger partial charge in [0.2, 0.25) is 5.91 Å². The summed E-state index contributed by atoms with van der Waals surface area (Å²) in [7, 11) is 0. The molecule has 0 saturated carbocycles. The fourth-order valence-electron chi connectivity index (χ4n) is 3.33. The highest BCUT2D eigenvalue weighted by atomic mass is 16.5. The Labute approximate surface area is 172 Å². The summed E-state index contributed by atoms with van der Waals surface area (Å²) in [5.41, 5.74) is 2.67. The highest BCUT2D eigenvalue weighted by Gasteiger charge is 2.35. The molecule has 0 radical (unpaired) electrons. The number of hydrogen-bond donors (Lipinski definition) is 2. The second-order valence-corrected chi connectivity index (χ2v) is 6.77. The van der Waals surface area contributed by atoms with Crippen molar-refractivity contribution < 1.29 is 19.1 Å². The molecule has 8 heteroatoms. The number of esters is 1.